The number of halogens is 6. The predicted octanol–water partition coefficient (Wildman–Crippen LogP) is 9.34. The minimum atomic E-state index is -1.00. The molecule has 1 aliphatic heterocycles. The van der Waals surface area contributed by atoms with Gasteiger partial charge in [0.05, 0.1) is 38.3 Å². The van der Waals surface area contributed by atoms with Gasteiger partial charge in [0.15, 0.2) is 0 Å². The summed E-state index contributed by atoms with van der Waals surface area (Å²) in [6.07, 6.45) is 3.48. The molecule has 0 fully saturated rings. The van der Waals surface area contributed by atoms with Gasteiger partial charge >= 0.3 is 51.4 Å². The van der Waals surface area contributed by atoms with Crippen LogP contribution in [0, 0.1) is 51.7 Å². The SMILES string of the molecule is Fc1ccc(Oc2ccc(-c3ncc[nH]3)cc2)cc1.Fc1ccc(Oc2ccc(C3=NCCN3)cc2)cc1.N#Cc1ccc(F)cc1.N#Cc1ccc(Oc2ccc(F)cc2)cc1.O=CO[O-].Oc1ccc(F)cc1.[2H]CF.[K+].[K]. The third-order valence-corrected chi connectivity index (χ3v) is 9.40. The van der Waals surface area contributed by atoms with Gasteiger partial charge in [0.1, 0.15) is 81.0 Å². The van der Waals surface area contributed by atoms with E-state index >= 15 is 0 Å². The predicted molar refractivity (Wildman–Crippen MR) is 280 cm³/mol. The van der Waals surface area contributed by atoms with Crippen LogP contribution in [0.25, 0.3) is 11.4 Å². The molecular weight excluding hydrogens is 1080 g/mol. The topological polar surface area (TPSA) is 198 Å². The Morgan fingerprint density at radius 1 is 0.570 bits per heavy atom. The first-order chi connectivity index (χ1) is 37.8. The maximum absolute atomic E-state index is 12.8. The number of H-pyrrole nitrogens is 1. The van der Waals surface area contributed by atoms with E-state index in [0.717, 1.165) is 35.9 Å². The Morgan fingerprint density at radius 2 is 0.873 bits per heavy atom. The Labute approximate surface area is 538 Å². The molecule has 2 heterocycles. The molecule has 1 aliphatic rings. The molecule has 0 spiro atoms. The number of carbonyl (C=O) groups excluding carboxylic acids is 1. The number of aromatic amines is 1. The van der Waals surface area contributed by atoms with E-state index in [1.807, 2.05) is 60.7 Å². The summed E-state index contributed by atoms with van der Waals surface area (Å²) in [7, 11) is -1.00. The molecule has 10 rings (SSSR count). The Kier molecular flexibility index (Phi) is 32.9. The molecule has 0 aliphatic carbocycles. The number of aliphatic imine (C=N–C) groups is 1. The minimum Gasteiger partial charge on any atom is -0.662 e. The Bertz CT molecular complexity index is 3220. The summed E-state index contributed by atoms with van der Waals surface area (Å²) in [5.74, 6) is 4.15. The molecule has 0 bridgehead atoms. The van der Waals surface area contributed by atoms with Crippen molar-refractivity contribution >= 4 is 63.7 Å². The van der Waals surface area contributed by atoms with Crippen molar-refractivity contribution in [1.29, 1.82) is 10.5 Å². The van der Waals surface area contributed by atoms with E-state index < -0.39 is 7.15 Å². The van der Waals surface area contributed by atoms with Gasteiger partial charge in [0, 0.05) is 81.4 Å². The fourth-order valence-corrected chi connectivity index (χ4v) is 5.86. The van der Waals surface area contributed by atoms with E-state index in [4.69, 9.17) is 41.3 Å². The second-order valence-corrected chi connectivity index (χ2v) is 14.7. The average molecular weight is 1130 g/mol. The Morgan fingerprint density at radius 3 is 1.16 bits per heavy atom. The first-order valence-corrected chi connectivity index (χ1v) is 22.3. The van der Waals surface area contributed by atoms with Crippen molar-refractivity contribution in [3.63, 3.8) is 0 Å². The number of amidine groups is 1. The number of aromatic hydroxyl groups is 1. The molecule has 9 aromatic rings. The number of phenols is 1. The number of rotatable bonds is 9. The number of alkyl halides is 1. The first-order valence-electron chi connectivity index (χ1n) is 23.0. The van der Waals surface area contributed by atoms with Gasteiger partial charge in [-0.3, -0.25) is 14.2 Å². The number of nitrogens with one attached hydrogen (secondary N) is 2. The molecule has 0 amide bonds. The minimum absolute atomic E-state index is 0. The number of ether oxygens (including phenoxy) is 3. The van der Waals surface area contributed by atoms with Crippen LogP contribution in [0.5, 0.6) is 40.2 Å². The molecule has 3 N–H and O–H groups in total. The summed E-state index contributed by atoms with van der Waals surface area (Å²) >= 11 is 0. The number of hydrogen-bond acceptors (Lipinski definition) is 12. The van der Waals surface area contributed by atoms with E-state index in [1.165, 1.54) is 84.9 Å². The molecule has 21 heteroatoms. The number of carbonyl (C=O) groups is 1. The molecule has 393 valence electrons. The molecule has 0 atom stereocenters. The van der Waals surface area contributed by atoms with E-state index in [1.54, 1.807) is 73.1 Å². The van der Waals surface area contributed by atoms with Crippen molar-refractivity contribution in [2.45, 2.75) is 0 Å². The quantitative estimate of drug-likeness (QED) is 0.0409. The summed E-state index contributed by atoms with van der Waals surface area (Å²) in [5, 5.41) is 37.1. The standard InChI is InChI=1S/C15H13FN2O.C15H11FN2O.C13H8FNO.C7H4FN.C6H5FO.CH3F.CH2O3.2K/c2*16-12-3-7-14(8-4-12)19-13-5-1-11(2-6-13)15-17-9-10-18-15;14-11-3-7-13(8-4-11)16-12-5-1-10(9-15)2-6-12;8-7-3-1-6(5-9)2-4-7;7-5-1-3-6(8)4-2-5;1-2;2-1-4-3;;/h1-8H,9-10H2,(H,17,18);1-10H,(H,17,18);1-8H;1-4H;1-4,8H;1H3;1,3H;;/q;;;;;;;;+1/p-1/i;;;;;1D;;;. The first kappa shape index (κ1) is 66.2. The molecule has 1 aromatic heterocycles. The van der Waals surface area contributed by atoms with Gasteiger partial charge in [-0.25, -0.2) is 26.9 Å². The zero-order valence-corrected chi connectivity index (χ0v) is 48.5. The monoisotopic (exact) mass is 1130 g/mol. The Balaban J connectivity index is 0.000000340. The van der Waals surface area contributed by atoms with Crippen molar-refractivity contribution in [1.82, 2.24) is 15.3 Å². The van der Waals surface area contributed by atoms with Crippen molar-refractivity contribution in [2.75, 3.05) is 20.2 Å². The zero-order chi connectivity index (χ0) is 56.3. The number of hydrogen-bond donors (Lipinski definition) is 3. The maximum Gasteiger partial charge on any atom is 1.00 e. The maximum atomic E-state index is 12.8. The van der Waals surface area contributed by atoms with Gasteiger partial charge < -0.3 is 39.8 Å². The molecule has 0 saturated heterocycles. The number of benzene rings is 8. The molecule has 0 unspecified atom stereocenters. The van der Waals surface area contributed by atoms with Gasteiger partial charge in [-0.15, -0.1) is 0 Å². The van der Waals surface area contributed by atoms with Crippen molar-refractivity contribution in [3.05, 3.63) is 252 Å². The fraction of sp³-hybridized carbons (Fsp3) is 0.0517. The Hall–Kier alpha value is -7.10. The van der Waals surface area contributed by atoms with Crippen LogP contribution in [0.2, 0.25) is 0 Å². The van der Waals surface area contributed by atoms with Crippen LogP contribution >= 0.6 is 0 Å². The zero-order valence-electron chi connectivity index (χ0n) is 43.3. The van der Waals surface area contributed by atoms with Gasteiger partial charge in [-0.1, -0.05) is 0 Å². The summed E-state index contributed by atoms with van der Waals surface area (Å²) < 4.78 is 94.5. The van der Waals surface area contributed by atoms with Crippen LogP contribution < -0.4 is 76.2 Å². The molecule has 8 aromatic carbocycles. The summed E-state index contributed by atoms with van der Waals surface area (Å²) in [6.45, 7) is 1.53. The smallest absolute Gasteiger partial charge is 0.662 e. The molecule has 0 saturated carbocycles. The van der Waals surface area contributed by atoms with Gasteiger partial charge in [-0.05, 0) is 194 Å². The molecule has 79 heavy (non-hydrogen) atoms. The number of nitriles is 2. The average Bonchev–Trinajstić information content (AvgIpc) is 4.24. The van der Waals surface area contributed by atoms with Gasteiger partial charge in [0.2, 0.25) is 0 Å². The van der Waals surface area contributed by atoms with Crippen molar-refractivity contribution in [3.8, 4) is 63.8 Å². The van der Waals surface area contributed by atoms with E-state index in [9.17, 15) is 26.3 Å². The second kappa shape index (κ2) is 39.3. The normalized spacial score (nSPS) is 10.1. The van der Waals surface area contributed by atoms with Crippen molar-refractivity contribution in [2.24, 2.45) is 4.99 Å². The summed E-state index contributed by atoms with van der Waals surface area (Å²) in [6, 6.07) is 53.9. The van der Waals surface area contributed by atoms with Gasteiger partial charge in [0.25, 0.3) is 6.47 Å². The number of aromatic nitrogens is 2. The number of nitrogens with zero attached hydrogens (tertiary/aromatic N) is 4. The molecule has 13 nitrogen and oxygen atoms in total. The largest absolute Gasteiger partial charge is 1.00 e. The van der Waals surface area contributed by atoms with Crippen LogP contribution in [-0.4, -0.2) is 99.0 Å². The third-order valence-electron chi connectivity index (χ3n) is 9.40. The number of phenolic OH excluding ortho intramolecular Hbond substituents is 1. The van der Waals surface area contributed by atoms with Crippen LogP contribution in [0.3, 0.4) is 0 Å². The van der Waals surface area contributed by atoms with E-state index in [-0.39, 0.29) is 144 Å². The molecule has 1 radical (unpaired) electrons. The van der Waals surface area contributed by atoms with Crippen molar-refractivity contribution < 1.29 is 113 Å². The second-order valence-electron chi connectivity index (χ2n) is 14.7. The van der Waals surface area contributed by atoms with Crippen LogP contribution in [-0.2, 0) is 9.68 Å². The summed E-state index contributed by atoms with van der Waals surface area (Å²) in [5.41, 5.74) is 3.09. The van der Waals surface area contributed by atoms with E-state index in [2.05, 4.69) is 25.2 Å². The fourth-order valence-electron chi connectivity index (χ4n) is 5.86. The number of imidazole rings is 1. The van der Waals surface area contributed by atoms with Crippen LogP contribution in [0.15, 0.2) is 212 Å². The van der Waals surface area contributed by atoms with Crippen LogP contribution in [0.4, 0.5) is 26.3 Å². The van der Waals surface area contributed by atoms with Crippen LogP contribution in [0.1, 0.15) is 18.1 Å². The molecular formula is C58H45F6K2N6O7. The van der Waals surface area contributed by atoms with Gasteiger partial charge in [-0.2, -0.15) is 10.5 Å². The van der Waals surface area contributed by atoms with E-state index in [0.29, 0.717) is 45.6 Å². The summed E-state index contributed by atoms with van der Waals surface area (Å²) in [4.78, 5) is 22.8. The third kappa shape index (κ3) is 26.9.